The number of benzene rings is 1. The fourth-order valence-corrected chi connectivity index (χ4v) is 2.52. The van der Waals surface area contributed by atoms with Crippen molar-refractivity contribution in [2.24, 2.45) is 0 Å². The molecular weight excluding hydrogens is 324 g/mol. The summed E-state index contributed by atoms with van der Waals surface area (Å²) in [6.07, 6.45) is -0.962. The maximum Gasteiger partial charge on any atom is 0.414 e. The molecule has 0 aliphatic carbocycles. The summed E-state index contributed by atoms with van der Waals surface area (Å²) >= 11 is 0. The van der Waals surface area contributed by atoms with Gasteiger partial charge in [-0.2, -0.15) is 0 Å². The van der Waals surface area contributed by atoms with E-state index in [-0.39, 0.29) is 17.8 Å². The summed E-state index contributed by atoms with van der Waals surface area (Å²) in [5, 5.41) is 12.3. The lowest BCUT2D eigenvalue weighted by Crippen LogP contribution is -2.25. The number of hydrogen-bond acceptors (Lipinski definition) is 6. The van der Waals surface area contributed by atoms with Crippen LogP contribution in [0.2, 0.25) is 0 Å². The highest BCUT2D eigenvalue weighted by atomic mass is 16.6. The van der Waals surface area contributed by atoms with Crippen molar-refractivity contribution in [3.05, 3.63) is 58.8 Å². The van der Waals surface area contributed by atoms with Gasteiger partial charge in [-0.1, -0.05) is 0 Å². The van der Waals surface area contributed by atoms with Gasteiger partial charge in [0.1, 0.15) is 6.10 Å². The number of aliphatic hydroxyl groups excluding tert-OH is 1. The summed E-state index contributed by atoms with van der Waals surface area (Å²) < 4.78 is 10.0. The fraction of sp³-hybridized carbons (Fsp3) is 0.222. The molecule has 130 valence electrons. The summed E-state index contributed by atoms with van der Waals surface area (Å²) in [5.74, 6) is 0.273. The molecule has 0 aromatic heterocycles. The molecule has 1 fully saturated rings. The van der Waals surface area contributed by atoms with Crippen LogP contribution in [0.25, 0.3) is 0 Å². The third-order valence-corrected chi connectivity index (χ3v) is 3.84. The van der Waals surface area contributed by atoms with Crippen LogP contribution in [0.3, 0.4) is 0 Å². The molecule has 1 saturated heterocycles. The second kappa shape index (κ2) is 7.23. The average molecular weight is 342 g/mol. The van der Waals surface area contributed by atoms with Gasteiger partial charge in [-0.05, 0) is 48.5 Å². The van der Waals surface area contributed by atoms with Gasteiger partial charge >= 0.3 is 6.09 Å². The van der Waals surface area contributed by atoms with Crippen molar-refractivity contribution in [3.8, 4) is 5.75 Å². The van der Waals surface area contributed by atoms with Crippen LogP contribution in [0.1, 0.15) is 0 Å². The molecule has 3 rings (SSSR count). The molecule has 0 bridgehead atoms. The molecule has 0 radical (unpaired) electrons. The lowest BCUT2D eigenvalue weighted by molar-refractivity contribution is 0.0963. The SMILES string of the molecule is COc1ccc(Nc2ccc(N3CC(CO)OC3=O)cc2)ccc1=O. The van der Waals surface area contributed by atoms with Crippen LogP contribution in [0, 0.1) is 0 Å². The van der Waals surface area contributed by atoms with Crippen molar-refractivity contribution in [2.75, 3.05) is 30.5 Å². The van der Waals surface area contributed by atoms with E-state index in [2.05, 4.69) is 5.32 Å². The highest BCUT2D eigenvalue weighted by Gasteiger charge is 2.31. The average Bonchev–Trinajstić information content (AvgIpc) is 2.91. The molecule has 1 amide bonds. The number of nitrogens with one attached hydrogen (secondary N) is 1. The fourth-order valence-electron chi connectivity index (χ4n) is 2.52. The van der Waals surface area contributed by atoms with Gasteiger partial charge in [0.05, 0.1) is 20.3 Å². The minimum Gasteiger partial charge on any atom is -0.493 e. The lowest BCUT2D eigenvalue weighted by Gasteiger charge is -2.13. The number of hydrogen-bond donors (Lipinski definition) is 2. The molecule has 7 nitrogen and oxygen atoms in total. The Morgan fingerprint density at radius 2 is 1.76 bits per heavy atom. The number of methoxy groups -OCH3 is 1. The van der Waals surface area contributed by atoms with E-state index in [1.54, 1.807) is 30.3 Å². The molecule has 25 heavy (non-hydrogen) atoms. The number of nitrogens with zero attached hydrogens (tertiary/aromatic N) is 1. The van der Waals surface area contributed by atoms with Gasteiger partial charge in [0.25, 0.3) is 0 Å². The van der Waals surface area contributed by atoms with Gasteiger partial charge in [-0.15, -0.1) is 0 Å². The van der Waals surface area contributed by atoms with Crippen molar-refractivity contribution in [2.45, 2.75) is 6.10 Å². The number of cyclic esters (lactones) is 1. The Kier molecular flexibility index (Phi) is 4.85. The van der Waals surface area contributed by atoms with Crippen molar-refractivity contribution in [1.82, 2.24) is 0 Å². The Balaban J connectivity index is 1.74. The molecule has 1 aliphatic rings. The first-order chi connectivity index (χ1) is 12.1. The normalized spacial score (nSPS) is 16.5. The molecule has 2 aromatic carbocycles. The van der Waals surface area contributed by atoms with E-state index in [0.29, 0.717) is 12.2 Å². The first kappa shape index (κ1) is 16.8. The first-order valence-corrected chi connectivity index (χ1v) is 7.75. The van der Waals surface area contributed by atoms with E-state index in [1.165, 1.54) is 18.1 Å². The smallest absolute Gasteiger partial charge is 0.414 e. The highest BCUT2D eigenvalue weighted by molar-refractivity contribution is 5.90. The van der Waals surface area contributed by atoms with E-state index in [4.69, 9.17) is 14.6 Å². The molecule has 1 aliphatic heterocycles. The topological polar surface area (TPSA) is 88.1 Å². The molecule has 0 spiro atoms. The van der Waals surface area contributed by atoms with Crippen LogP contribution in [-0.4, -0.2) is 37.6 Å². The summed E-state index contributed by atoms with van der Waals surface area (Å²) in [5.41, 5.74) is 2.02. The van der Waals surface area contributed by atoms with Gasteiger partial charge in [0.2, 0.25) is 5.43 Å². The van der Waals surface area contributed by atoms with Crippen LogP contribution in [0.4, 0.5) is 21.9 Å². The predicted molar refractivity (Wildman–Crippen MR) is 93.7 cm³/mol. The largest absolute Gasteiger partial charge is 0.493 e. The Hall–Kier alpha value is -3.06. The lowest BCUT2D eigenvalue weighted by atomic mass is 10.2. The summed E-state index contributed by atoms with van der Waals surface area (Å²) in [7, 11) is 1.45. The van der Waals surface area contributed by atoms with E-state index < -0.39 is 12.2 Å². The minimum atomic E-state index is -0.495. The third kappa shape index (κ3) is 3.72. The zero-order valence-corrected chi connectivity index (χ0v) is 13.6. The zero-order chi connectivity index (χ0) is 17.8. The Morgan fingerprint density at radius 1 is 1.12 bits per heavy atom. The van der Waals surface area contributed by atoms with E-state index >= 15 is 0 Å². The maximum absolute atomic E-state index is 11.8. The number of anilines is 3. The summed E-state index contributed by atoms with van der Waals surface area (Å²) in [6.45, 7) is 0.126. The number of ether oxygens (including phenoxy) is 2. The van der Waals surface area contributed by atoms with Crippen LogP contribution in [0.5, 0.6) is 5.75 Å². The van der Waals surface area contributed by atoms with Gasteiger partial charge in [-0.25, -0.2) is 4.79 Å². The zero-order valence-electron chi connectivity index (χ0n) is 13.6. The quantitative estimate of drug-likeness (QED) is 0.865. The van der Waals surface area contributed by atoms with Crippen LogP contribution >= 0.6 is 0 Å². The van der Waals surface area contributed by atoms with E-state index in [9.17, 15) is 9.59 Å². The maximum atomic E-state index is 11.8. The Labute approximate surface area is 144 Å². The number of carbonyl (C=O) groups is 1. The standard InChI is InChI=1S/C18H18N2O5/c1-24-17-9-5-13(4-8-16(17)22)19-12-2-6-14(7-3-12)20-10-15(11-21)25-18(20)23/h2-9,15,19,21H,10-11H2,1H3. The second-order valence-corrected chi connectivity index (χ2v) is 5.53. The molecule has 2 N–H and O–H groups in total. The minimum absolute atomic E-state index is 0.196. The van der Waals surface area contributed by atoms with Crippen molar-refractivity contribution in [1.29, 1.82) is 0 Å². The number of carbonyl (C=O) groups excluding carboxylic acids is 1. The van der Waals surface area contributed by atoms with Crippen molar-refractivity contribution >= 4 is 23.2 Å². The Morgan fingerprint density at radius 3 is 2.36 bits per heavy atom. The summed E-state index contributed by atoms with van der Waals surface area (Å²) in [6, 6.07) is 13.7. The molecule has 1 atom stereocenters. The van der Waals surface area contributed by atoms with Gasteiger partial charge < -0.3 is 19.9 Å². The molecule has 0 saturated carbocycles. The Bertz CT molecular complexity index is 822. The summed E-state index contributed by atoms with van der Waals surface area (Å²) in [4.78, 5) is 25.0. The van der Waals surface area contributed by atoms with Gasteiger partial charge in [0.15, 0.2) is 5.75 Å². The molecule has 2 aromatic rings. The molecule has 1 heterocycles. The highest BCUT2D eigenvalue weighted by Crippen LogP contribution is 2.24. The molecule has 7 heteroatoms. The van der Waals surface area contributed by atoms with Crippen LogP contribution in [0.15, 0.2) is 53.3 Å². The molecule has 1 unspecified atom stereocenters. The number of aliphatic hydroxyl groups is 1. The van der Waals surface area contributed by atoms with Crippen molar-refractivity contribution in [3.63, 3.8) is 0 Å². The van der Waals surface area contributed by atoms with Crippen molar-refractivity contribution < 1.29 is 19.4 Å². The third-order valence-electron chi connectivity index (χ3n) is 3.84. The van der Waals surface area contributed by atoms with Gasteiger partial charge in [0, 0.05) is 17.1 Å². The first-order valence-electron chi connectivity index (χ1n) is 7.75. The number of rotatable bonds is 5. The van der Waals surface area contributed by atoms with Gasteiger partial charge in [-0.3, -0.25) is 9.69 Å². The number of amides is 1. The van der Waals surface area contributed by atoms with Crippen LogP contribution in [-0.2, 0) is 4.74 Å². The van der Waals surface area contributed by atoms with E-state index in [0.717, 1.165) is 11.4 Å². The van der Waals surface area contributed by atoms with Crippen LogP contribution < -0.4 is 20.4 Å². The second-order valence-electron chi connectivity index (χ2n) is 5.53. The predicted octanol–water partition coefficient (Wildman–Crippen LogP) is 2.12. The molecular formula is C18H18N2O5. The van der Waals surface area contributed by atoms with E-state index in [1.807, 2.05) is 12.1 Å². The monoisotopic (exact) mass is 342 g/mol.